The molecule has 0 fully saturated rings. The lowest BCUT2D eigenvalue weighted by Gasteiger charge is -2.13. The zero-order valence-corrected chi connectivity index (χ0v) is 11.7. The van der Waals surface area contributed by atoms with Crippen LogP contribution in [0.1, 0.15) is 5.56 Å². The molecule has 0 aliphatic heterocycles. The molecule has 6 heteroatoms. The highest BCUT2D eigenvalue weighted by Crippen LogP contribution is 2.35. The van der Waals surface area contributed by atoms with Crippen molar-refractivity contribution in [3.05, 3.63) is 29.8 Å². The minimum atomic E-state index is -4.27. The fourth-order valence-electron chi connectivity index (χ4n) is 2.13. The van der Waals surface area contributed by atoms with Gasteiger partial charge >= 0.3 is 0 Å². The van der Waals surface area contributed by atoms with Gasteiger partial charge in [-0.1, -0.05) is 6.07 Å². The van der Waals surface area contributed by atoms with Crippen LogP contribution in [0.4, 0.5) is 5.69 Å². The molecule has 0 heterocycles. The van der Waals surface area contributed by atoms with Crippen LogP contribution in [0.5, 0.6) is 5.75 Å². The maximum Gasteiger partial charge on any atom is 0.294 e. The van der Waals surface area contributed by atoms with Crippen molar-refractivity contribution in [1.82, 2.24) is 0 Å². The average Bonchev–Trinajstić information content (AvgIpc) is 2.36. The van der Waals surface area contributed by atoms with Crippen LogP contribution < -0.4 is 10.1 Å². The second kappa shape index (κ2) is 4.71. The first-order valence-electron chi connectivity index (χ1n) is 5.65. The first-order chi connectivity index (χ1) is 8.88. The van der Waals surface area contributed by atoms with Gasteiger partial charge in [0, 0.05) is 23.7 Å². The molecule has 0 aliphatic carbocycles. The van der Waals surface area contributed by atoms with Gasteiger partial charge in [0.2, 0.25) is 0 Å². The Labute approximate surface area is 111 Å². The Morgan fingerprint density at radius 3 is 2.47 bits per heavy atom. The van der Waals surface area contributed by atoms with Crippen LogP contribution in [0.2, 0.25) is 0 Å². The standard InChI is InChI=1S/C13H15NO4S/c1-8-12(19(15,16)17)6-9-4-5-10(14-2)7-11(9)13(8)18-3/h4-7,14H,1-3H3,(H,15,16,17). The van der Waals surface area contributed by atoms with Gasteiger partial charge in [-0.3, -0.25) is 4.55 Å². The lowest BCUT2D eigenvalue weighted by molar-refractivity contribution is 0.414. The number of anilines is 1. The molecule has 0 spiro atoms. The predicted octanol–water partition coefficient (Wildman–Crippen LogP) is 2.45. The number of hydrogen-bond acceptors (Lipinski definition) is 4. The molecule has 5 nitrogen and oxygen atoms in total. The number of hydrogen-bond donors (Lipinski definition) is 2. The number of fused-ring (bicyclic) bond motifs is 1. The first-order valence-corrected chi connectivity index (χ1v) is 7.09. The zero-order valence-electron chi connectivity index (χ0n) is 10.9. The highest BCUT2D eigenvalue weighted by molar-refractivity contribution is 7.85. The minimum Gasteiger partial charge on any atom is -0.496 e. The Bertz CT molecular complexity index is 738. The van der Waals surface area contributed by atoms with Crippen molar-refractivity contribution in [2.75, 3.05) is 19.5 Å². The van der Waals surface area contributed by atoms with Gasteiger partial charge in [-0.15, -0.1) is 0 Å². The minimum absolute atomic E-state index is 0.131. The summed E-state index contributed by atoms with van der Waals surface area (Å²) in [6.07, 6.45) is 0. The topological polar surface area (TPSA) is 75.6 Å². The third-order valence-electron chi connectivity index (χ3n) is 3.07. The average molecular weight is 281 g/mol. The van der Waals surface area contributed by atoms with Crippen molar-refractivity contribution in [2.45, 2.75) is 11.8 Å². The molecule has 0 aliphatic rings. The molecule has 0 bridgehead atoms. The maximum absolute atomic E-state index is 11.4. The Kier molecular flexibility index (Phi) is 3.38. The summed E-state index contributed by atoms with van der Waals surface area (Å²) in [5.74, 6) is 0.447. The molecular formula is C13H15NO4S. The molecule has 102 valence electrons. The highest BCUT2D eigenvalue weighted by Gasteiger charge is 2.19. The third kappa shape index (κ3) is 2.36. The molecule has 0 radical (unpaired) electrons. The van der Waals surface area contributed by atoms with E-state index < -0.39 is 10.1 Å². The monoisotopic (exact) mass is 281 g/mol. The summed E-state index contributed by atoms with van der Waals surface area (Å²) in [5.41, 5.74) is 1.29. The van der Waals surface area contributed by atoms with Gasteiger partial charge in [-0.25, -0.2) is 0 Å². The van der Waals surface area contributed by atoms with E-state index in [1.807, 2.05) is 12.1 Å². The Morgan fingerprint density at radius 1 is 1.26 bits per heavy atom. The number of benzene rings is 2. The summed E-state index contributed by atoms with van der Waals surface area (Å²) in [5, 5.41) is 4.49. The number of nitrogens with one attached hydrogen (secondary N) is 1. The molecule has 0 atom stereocenters. The summed E-state index contributed by atoms with van der Waals surface area (Å²) in [4.78, 5) is -0.131. The van der Waals surface area contributed by atoms with Crippen LogP contribution in [-0.2, 0) is 10.1 Å². The predicted molar refractivity (Wildman–Crippen MR) is 74.6 cm³/mol. The van der Waals surface area contributed by atoms with Crippen LogP contribution in [-0.4, -0.2) is 27.1 Å². The van der Waals surface area contributed by atoms with E-state index in [1.54, 1.807) is 20.0 Å². The molecule has 0 aromatic heterocycles. The lowest BCUT2D eigenvalue weighted by Crippen LogP contribution is -2.03. The summed E-state index contributed by atoms with van der Waals surface area (Å²) in [7, 11) is -0.996. The van der Waals surface area contributed by atoms with Crippen molar-refractivity contribution in [1.29, 1.82) is 0 Å². The van der Waals surface area contributed by atoms with Crippen LogP contribution in [0.15, 0.2) is 29.2 Å². The Morgan fingerprint density at radius 2 is 1.95 bits per heavy atom. The largest absolute Gasteiger partial charge is 0.496 e. The van der Waals surface area contributed by atoms with Crippen molar-refractivity contribution in [2.24, 2.45) is 0 Å². The molecule has 2 rings (SSSR count). The third-order valence-corrected chi connectivity index (χ3v) is 4.05. The fraction of sp³-hybridized carbons (Fsp3) is 0.231. The van der Waals surface area contributed by atoms with Crippen LogP contribution in [0, 0.1) is 6.92 Å². The Hall–Kier alpha value is -1.79. The van der Waals surface area contributed by atoms with Crippen LogP contribution in [0.3, 0.4) is 0 Å². The summed E-state index contributed by atoms with van der Waals surface area (Å²) in [6, 6.07) is 6.92. The summed E-state index contributed by atoms with van der Waals surface area (Å²) in [6.45, 7) is 1.60. The number of ether oxygens (including phenoxy) is 1. The van der Waals surface area contributed by atoms with Gasteiger partial charge in [0.25, 0.3) is 10.1 Å². The molecule has 19 heavy (non-hydrogen) atoms. The molecule has 2 N–H and O–H groups in total. The second-order valence-corrected chi connectivity index (χ2v) is 5.58. The smallest absolute Gasteiger partial charge is 0.294 e. The van der Waals surface area contributed by atoms with E-state index in [-0.39, 0.29) is 4.90 Å². The molecule has 0 saturated carbocycles. The SMILES string of the molecule is CNc1ccc2cc(S(=O)(=O)O)c(C)c(OC)c2c1. The fourth-order valence-corrected chi connectivity index (χ4v) is 2.88. The molecule has 0 unspecified atom stereocenters. The lowest BCUT2D eigenvalue weighted by atomic mass is 10.1. The van der Waals surface area contributed by atoms with Crippen molar-refractivity contribution < 1.29 is 17.7 Å². The van der Waals surface area contributed by atoms with E-state index in [0.717, 1.165) is 11.1 Å². The van der Waals surface area contributed by atoms with Gasteiger partial charge < -0.3 is 10.1 Å². The van der Waals surface area contributed by atoms with E-state index in [1.165, 1.54) is 13.2 Å². The molecule has 0 saturated heterocycles. The molecule has 2 aromatic rings. The van der Waals surface area contributed by atoms with Gasteiger partial charge in [-0.2, -0.15) is 8.42 Å². The van der Waals surface area contributed by atoms with Crippen molar-refractivity contribution in [3.63, 3.8) is 0 Å². The van der Waals surface area contributed by atoms with Crippen molar-refractivity contribution in [3.8, 4) is 5.75 Å². The zero-order chi connectivity index (χ0) is 14.2. The van der Waals surface area contributed by atoms with Gasteiger partial charge in [-0.05, 0) is 30.5 Å². The highest BCUT2D eigenvalue weighted by atomic mass is 32.2. The molecule has 0 amide bonds. The van der Waals surface area contributed by atoms with Crippen LogP contribution >= 0.6 is 0 Å². The second-order valence-electron chi connectivity index (χ2n) is 4.19. The van der Waals surface area contributed by atoms with E-state index in [9.17, 15) is 13.0 Å². The van der Waals surface area contributed by atoms with E-state index in [4.69, 9.17) is 4.74 Å². The molecular weight excluding hydrogens is 266 g/mol. The summed E-state index contributed by atoms with van der Waals surface area (Å²) >= 11 is 0. The van der Waals surface area contributed by atoms with Gasteiger partial charge in [0.1, 0.15) is 10.6 Å². The van der Waals surface area contributed by atoms with Crippen LogP contribution in [0.25, 0.3) is 10.8 Å². The van der Waals surface area contributed by atoms with E-state index in [2.05, 4.69) is 5.32 Å². The molecule has 2 aromatic carbocycles. The number of methoxy groups -OCH3 is 1. The first kappa shape index (κ1) is 13.6. The maximum atomic E-state index is 11.4. The van der Waals surface area contributed by atoms with Gasteiger partial charge in [0.15, 0.2) is 0 Å². The van der Waals surface area contributed by atoms with Crippen molar-refractivity contribution >= 4 is 26.6 Å². The quantitative estimate of drug-likeness (QED) is 0.845. The van der Waals surface area contributed by atoms with E-state index >= 15 is 0 Å². The normalized spacial score (nSPS) is 11.6. The van der Waals surface area contributed by atoms with E-state index in [0.29, 0.717) is 16.7 Å². The number of rotatable bonds is 3. The summed E-state index contributed by atoms with van der Waals surface area (Å²) < 4.78 is 37.3. The Balaban J connectivity index is 2.90. The van der Waals surface area contributed by atoms with Gasteiger partial charge in [0.05, 0.1) is 7.11 Å².